The van der Waals surface area contributed by atoms with Crippen LogP contribution in [0, 0.1) is 5.92 Å². The number of nitrogens with zero attached hydrogens (tertiary/aromatic N) is 3. The zero-order valence-electron chi connectivity index (χ0n) is 11.1. The molecule has 1 fully saturated rings. The van der Waals surface area contributed by atoms with Crippen LogP contribution < -0.4 is 4.90 Å². The first-order valence-electron chi connectivity index (χ1n) is 6.93. The maximum absolute atomic E-state index is 6.05. The van der Waals surface area contributed by atoms with Gasteiger partial charge in [0.05, 0.1) is 5.39 Å². The Morgan fingerprint density at radius 3 is 3.11 bits per heavy atom. The second kappa shape index (κ2) is 5.63. The maximum atomic E-state index is 6.05. The predicted octanol–water partition coefficient (Wildman–Crippen LogP) is 4.36. The van der Waals surface area contributed by atoms with Gasteiger partial charge in [0.2, 0.25) is 5.28 Å². The molecule has 0 spiro atoms. The van der Waals surface area contributed by atoms with Gasteiger partial charge in [-0.2, -0.15) is 4.98 Å². The third kappa shape index (κ3) is 2.70. The van der Waals surface area contributed by atoms with Crippen LogP contribution in [-0.4, -0.2) is 23.1 Å². The molecule has 5 heteroatoms. The van der Waals surface area contributed by atoms with Crippen molar-refractivity contribution in [2.75, 3.05) is 18.0 Å². The number of hydrogen-bond acceptors (Lipinski definition) is 4. The number of thiophene rings is 1. The molecule has 0 amide bonds. The molecule has 102 valence electrons. The van der Waals surface area contributed by atoms with Gasteiger partial charge < -0.3 is 4.90 Å². The van der Waals surface area contributed by atoms with Gasteiger partial charge in [-0.15, -0.1) is 11.3 Å². The molecule has 1 aliphatic rings. The highest BCUT2D eigenvalue weighted by molar-refractivity contribution is 7.16. The molecule has 0 aliphatic carbocycles. The summed E-state index contributed by atoms with van der Waals surface area (Å²) in [5, 5.41) is 3.57. The minimum atomic E-state index is 0.362. The molecular formula is C14H18ClN3S. The van der Waals surface area contributed by atoms with Crippen LogP contribution in [0.1, 0.15) is 32.6 Å². The highest BCUT2D eigenvalue weighted by atomic mass is 35.5. The number of anilines is 1. The Labute approximate surface area is 122 Å². The van der Waals surface area contributed by atoms with E-state index in [2.05, 4.69) is 33.2 Å². The molecule has 0 N–H and O–H groups in total. The molecule has 1 atom stereocenters. The van der Waals surface area contributed by atoms with Gasteiger partial charge in [-0.1, -0.05) is 13.3 Å². The lowest BCUT2D eigenvalue weighted by atomic mass is 9.98. The molecule has 1 aliphatic heterocycles. The van der Waals surface area contributed by atoms with E-state index in [0.29, 0.717) is 5.28 Å². The average molecular weight is 296 g/mol. The largest absolute Gasteiger partial charge is 0.356 e. The highest BCUT2D eigenvalue weighted by Crippen LogP contribution is 2.31. The van der Waals surface area contributed by atoms with Crippen molar-refractivity contribution in [1.29, 1.82) is 0 Å². The summed E-state index contributed by atoms with van der Waals surface area (Å²) in [5.41, 5.74) is 0. The number of rotatable bonds is 2. The molecular weight excluding hydrogens is 278 g/mol. The topological polar surface area (TPSA) is 29.0 Å². The van der Waals surface area contributed by atoms with Gasteiger partial charge in [-0.3, -0.25) is 0 Å². The molecule has 1 unspecified atom stereocenters. The predicted molar refractivity (Wildman–Crippen MR) is 82.3 cm³/mol. The lowest BCUT2D eigenvalue weighted by Crippen LogP contribution is -2.25. The van der Waals surface area contributed by atoms with Crippen molar-refractivity contribution in [2.45, 2.75) is 32.6 Å². The maximum Gasteiger partial charge on any atom is 0.225 e. The van der Waals surface area contributed by atoms with Gasteiger partial charge >= 0.3 is 0 Å². The molecule has 1 saturated heterocycles. The van der Waals surface area contributed by atoms with E-state index in [1.807, 2.05) is 0 Å². The second-order valence-electron chi connectivity index (χ2n) is 5.15. The number of fused-ring (bicyclic) bond motifs is 1. The van der Waals surface area contributed by atoms with E-state index in [1.54, 1.807) is 11.3 Å². The first kappa shape index (κ1) is 13.1. The van der Waals surface area contributed by atoms with E-state index in [9.17, 15) is 0 Å². The molecule has 3 heterocycles. The summed E-state index contributed by atoms with van der Waals surface area (Å²) >= 11 is 7.68. The minimum absolute atomic E-state index is 0.362. The Bertz CT molecular complexity index is 569. The zero-order chi connectivity index (χ0) is 13.2. The Morgan fingerprint density at radius 2 is 2.26 bits per heavy atom. The summed E-state index contributed by atoms with van der Waals surface area (Å²) in [6, 6.07) is 2.11. The van der Waals surface area contributed by atoms with E-state index >= 15 is 0 Å². The van der Waals surface area contributed by atoms with Gasteiger partial charge in [-0.05, 0) is 48.2 Å². The van der Waals surface area contributed by atoms with Gasteiger partial charge in [0.15, 0.2) is 0 Å². The molecule has 0 bridgehead atoms. The van der Waals surface area contributed by atoms with E-state index in [4.69, 9.17) is 11.6 Å². The number of halogens is 1. The second-order valence-corrected chi connectivity index (χ2v) is 6.38. The van der Waals surface area contributed by atoms with Crippen molar-refractivity contribution in [1.82, 2.24) is 9.97 Å². The SMILES string of the molecule is CCC1CCCN(c2nc(Cl)nc3sccc23)CC1. The van der Waals surface area contributed by atoms with Crippen LogP contribution in [0.15, 0.2) is 11.4 Å². The Hall–Kier alpha value is -0.870. The van der Waals surface area contributed by atoms with Crippen LogP contribution in [0.5, 0.6) is 0 Å². The summed E-state index contributed by atoms with van der Waals surface area (Å²) in [6.07, 6.45) is 5.11. The third-order valence-electron chi connectivity index (χ3n) is 4.00. The molecule has 0 radical (unpaired) electrons. The monoisotopic (exact) mass is 295 g/mol. The average Bonchev–Trinajstić information content (AvgIpc) is 2.74. The summed E-state index contributed by atoms with van der Waals surface area (Å²) in [4.78, 5) is 12.1. The van der Waals surface area contributed by atoms with E-state index < -0.39 is 0 Å². The quantitative estimate of drug-likeness (QED) is 0.771. The lowest BCUT2D eigenvalue weighted by molar-refractivity contribution is 0.459. The Balaban J connectivity index is 1.93. The van der Waals surface area contributed by atoms with Gasteiger partial charge in [0, 0.05) is 13.1 Å². The molecule has 19 heavy (non-hydrogen) atoms. The summed E-state index contributed by atoms with van der Waals surface area (Å²) in [7, 11) is 0. The van der Waals surface area contributed by atoms with Gasteiger partial charge in [0.1, 0.15) is 10.6 Å². The van der Waals surface area contributed by atoms with Crippen LogP contribution in [-0.2, 0) is 0 Å². The minimum Gasteiger partial charge on any atom is -0.356 e. The smallest absolute Gasteiger partial charge is 0.225 e. The Kier molecular flexibility index (Phi) is 3.89. The first-order valence-corrected chi connectivity index (χ1v) is 8.19. The standard InChI is InChI=1S/C14H18ClN3S/c1-2-10-4-3-7-18(8-5-10)12-11-6-9-19-13(11)17-14(15)16-12/h6,9-10H,2-5,7-8H2,1H3. The summed E-state index contributed by atoms with van der Waals surface area (Å²) in [6.45, 7) is 4.45. The van der Waals surface area contributed by atoms with E-state index in [1.165, 1.54) is 25.7 Å². The van der Waals surface area contributed by atoms with Crippen LogP contribution in [0.4, 0.5) is 5.82 Å². The molecule has 3 nitrogen and oxygen atoms in total. The van der Waals surface area contributed by atoms with Crippen LogP contribution >= 0.6 is 22.9 Å². The van der Waals surface area contributed by atoms with Crippen LogP contribution in [0.25, 0.3) is 10.2 Å². The Morgan fingerprint density at radius 1 is 1.37 bits per heavy atom. The summed E-state index contributed by atoms with van der Waals surface area (Å²) in [5.74, 6) is 1.88. The van der Waals surface area contributed by atoms with Crippen molar-refractivity contribution < 1.29 is 0 Å². The fourth-order valence-electron chi connectivity index (χ4n) is 2.84. The number of aromatic nitrogens is 2. The van der Waals surface area contributed by atoms with Crippen molar-refractivity contribution in [2.24, 2.45) is 5.92 Å². The van der Waals surface area contributed by atoms with E-state index in [0.717, 1.165) is 35.0 Å². The number of hydrogen-bond donors (Lipinski definition) is 0. The third-order valence-corrected chi connectivity index (χ3v) is 4.98. The van der Waals surface area contributed by atoms with Crippen molar-refractivity contribution in [3.8, 4) is 0 Å². The molecule has 0 saturated carbocycles. The lowest BCUT2D eigenvalue weighted by Gasteiger charge is -2.22. The van der Waals surface area contributed by atoms with Crippen molar-refractivity contribution in [3.63, 3.8) is 0 Å². The van der Waals surface area contributed by atoms with Gasteiger partial charge in [0.25, 0.3) is 0 Å². The van der Waals surface area contributed by atoms with Crippen LogP contribution in [0.2, 0.25) is 5.28 Å². The first-order chi connectivity index (χ1) is 9.28. The molecule has 2 aromatic heterocycles. The van der Waals surface area contributed by atoms with E-state index in [-0.39, 0.29) is 0 Å². The molecule has 3 rings (SSSR count). The summed E-state index contributed by atoms with van der Waals surface area (Å²) < 4.78 is 0. The highest BCUT2D eigenvalue weighted by Gasteiger charge is 2.19. The van der Waals surface area contributed by atoms with Gasteiger partial charge in [-0.25, -0.2) is 4.98 Å². The van der Waals surface area contributed by atoms with Crippen molar-refractivity contribution >= 4 is 39.0 Å². The molecule has 0 aromatic carbocycles. The fraction of sp³-hybridized carbons (Fsp3) is 0.571. The normalized spacial score (nSPS) is 20.7. The zero-order valence-corrected chi connectivity index (χ0v) is 12.7. The van der Waals surface area contributed by atoms with Crippen LogP contribution in [0.3, 0.4) is 0 Å². The van der Waals surface area contributed by atoms with Crippen molar-refractivity contribution in [3.05, 3.63) is 16.7 Å². The fourth-order valence-corrected chi connectivity index (χ4v) is 3.81. The molecule has 2 aromatic rings.